The monoisotopic (exact) mass is 241 g/mol. The van der Waals surface area contributed by atoms with Gasteiger partial charge in [0, 0.05) is 12.6 Å². The summed E-state index contributed by atoms with van der Waals surface area (Å²) in [6.07, 6.45) is 2.55. The van der Waals surface area contributed by atoms with Crippen LogP contribution in [0.3, 0.4) is 0 Å². The van der Waals surface area contributed by atoms with Crippen LogP contribution >= 0.6 is 0 Å². The number of piperidine rings is 1. The van der Waals surface area contributed by atoms with E-state index < -0.39 is 0 Å². The summed E-state index contributed by atoms with van der Waals surface area (Å²) in [6, 6.07) is 0.122. The summed E-state index contributed by atoms with van der Waals surface area (Å²) < 4.78 is 0. The van der Waals surface area contributed by atoms with E-state index in [1.54, 1.807) is 0 Å². The molecule has 0 radical (unpaired) electrons. The molecule has 1 rings (SSSR count). The predicted molar refractivity (Wildman–Crippen MR) is 71.0 cm³/mol. The molecule has 1 amide bonds. The molecule has 4 heteroatoms. The van der Waals surface area contributed by atoms with E-state index in [1.807, 2.05) is 20.8 Å². The van der Waals surface area contributed by atoms with Crippen molar-refractivity contribution < 1.29 is 4.79 Å². The first-order valence-corrected chi connectivity index (χ1v) is 6.71. The van der Waals surface area contributed by atoms with Gasteiger partial charge in [0.1, 0.15) is 0 Å². The van der Waals surface area contributed by atoms with E-state index in [2.05, 4.69) is 22.6 Å². The molecule has 2 atom stereocenters. The number of nitrogens with zero attached hydrogens (tertiary/aromatic N) is 1. The van der Waals surface area contributed by atoms with Crippen molar-refractivity contribution in [3.63, 3.8) is 0 Å². The van der Waals surface area contributed by atoms with Crippen molar-refractivity contribution in [1.82, 2.24) is 15.5 Å². The van der Waals surface area contributed by atoms with Crippen molar-refractivity contribution in [2.75, 3.05) is 26.7 Å². The molecule has 0 spiro atoms. The lowest BCUT2D eigenvalue weighted by molar-refractivity contribution is -0.123. The van der Waals surface area contributed by atoms with Crippen molar-refractivity contribution in [3.05, 3.63) is 0 Å². The Morgan fingerprint density at radius 3 is 2.71 bits per heavy atom. The number of hydrogen-bond acceptors (Lipinski definition) is 3. The third kappa shape index (κ3) is 5.50. The molecule has 2 N–H and O–H groups in total. The SMILES string of the molecule is CC(C)NC(=O)C(C)NCC1CCCN(C)C1. The molecule has 0 aromatic rings. The second-order valence-corrected chi connectivity index (χ2v) is 5.56. The first-order valence-electron chi connectivity index (χ1n) is 6.71. The van der Waals surface area contributed by atoms with Gasteiger partial charge in [0.15, 0.2) is 0 Å². The van der Waals surface area contributed by atoms with Gasteiger partial charge in [-0.05, 0) is 59.7 Å². The molecule has 0 aromatic carbocycles. The highest BCUT2D eigenvalue weighted by Crippen LogP contribution is 2.13. The van der Waals surface area contributed by atoms with Crippen LogP contribution in [-0.4, -0.2) is 49.6 Å². The zero-order chi connectivity index (χ0) is 12.8. The topological polar surface area (TPSA) is 44.4 Å². The molecule has 0 aromatic heterocycles. The van der Waals surface area contributed by atoms with Crippen LogP contribution in [0.15, 0.2) is 0 Å². The summed E-state index contributed by atoms with van der Waals surface area (Å²) in [5.74, 6) is 0.784. The summed E-state index contributed by atoms with van der Waals surface area (Å²) in [4.78, 5) is 14.1. The van der Waals surface area contributed by atoms with Crippen LogP contribution in [-0.2, 0) is 4.79 Å². The summed E-state index contributed by atoms with van der Waals surface area (Å²) in [6.45, 7) is 9.20. The van der Waals surface area contributed by atoms with Gasteiger partial charge in [-0.25, -0.2) is 0 Å². The minimum absolute atomic E-state index is 0.0929. The molecule has 17 heavy (non-hydrogen) atoms. The van der Waals surface area contributed by atoms with Gasteiger partial charge in [0.2, 0.25) is 5.91 Å². The molecule has 1 heterocycles. The largest absolute Gasteiger partial charge is 0.353 e. The Hall–Kier alpha value is -0.610. The van der Waals surface area contributed by atoms with E-state index in [0.717, 1.165) is 13.1 Å². The Bertz CT molecular complexity index is 243. The number of nitrogens with one attached hydrogen (secondary N) is 2. The number of likely N-dealkylation sites (tertiary alicyclic amines) is 1. The maximum atomic E-state index is 11.7. The maximum absolute atomic E-state index is 11.7. The molecule has 100 valence electrons. The highest BCUT2D eigenvalue weighted by Gasteiger charge is 2.19. The third-order valence-corrected chi connectivity index (χ3v) is 3.26. The second-order valence-electron chi connectivity index (χ2n) is 5.56. The number of carbonyl (C=O) groups excluding carboxylic acids is 1. The van der Waals surface area contributed by atoms with Crippen molar-refractivity contribution in [2.24, 2.45) is 5.92 Å². The Morgan fingerprint density at radius 2 is 2.12 bits per heavy atom. The zero-order valence-corrected chi connectivity index (χ0v) is 11.6. The molecular formula is C13H27N3O. The number of rotatable bonds is 5. The van der Waals surface area contributed by atoms with Crippen molar-refractivity contribution >= 4 is 5.91 Å². The highest BCUT2D eigenvalue weighted by molar-refractivity contribution is 5.81. The van der Waals surface area contributed by atoms with Gasteiger partial charge in [0.25, 0.3) is 0 Å². The molecule has 4 nitrogen and oxygen atoms in total. The van der Waals surface area contributed by atoms with Crippen molar-refractivity contribution in [1.29, 1.82) is 0 Å². The van der Waals surface area contributed by atoms with Gasteiger partial charge in [-0.3, -0.25) is 4.79 Å². The lowest BCUT2D eigenvalue weighted by Crippen LogP contribution is -2.47. The van der Waals surface area contributed by atoms with Crippen LogP contribution in [0.5, 0.6) is 0 Å². The third-order valence-electron chi connectivity index (χ3n) is 3.26. The zero-order valence-electron chi connectivity index (χ0n) is 11.6. The number of hydrogen-bond donors (Lipinski definition) is 2. The summed E-state index contributed by atoms with van der Waals surface area (Å²) in [5.41, 5.74) is 0. The lowest BCUT2D eigenvalue weighted by atomic mass is 9.98. The average molecular weight is 241 g/mol. The maximum Gasteiger partial charge on any atom is 0.237 e. The first-order chi connectivity index (χ1) is 7.99. The molecule has 2 unspecified atom stereocenters. The molecule has 1 saturated heterocycles. The molecule has 0 bridgehead atoms. The Labute approximate surface area is 105 Å². The van der Waals surface area contributed by atoms with Crippen LogP contribution in [0.1, 0.15) is 33.6 Å². The van der Waals surface area contributed by atoms with Gasteiger partial charge in [0.05, 0.1) is 6.04 Å². The standard InChI is InChI=1S/C13H27N3O/c1-10(2)15-13(17)11(3)14-8-12-6-5-7-16(4)9-12/h10-12,14H,5-9H2,1-4H3,(H,15,17). The highest BCUT2D eigenvalue weighted by atomic mass is 16.2. The normalized spacial score (nSPS) is 23.7. The Morgan fingerprint density at radius 1 is 1.41 bits per heavy atom. The molecule has 1 aliphatic rings. The van der Waals surface area contributed by atoms with E-state index in [4.69, 9.17) is 0 Å². The average Bonchev–Trinajstić information content (AvgIpc) is 2.25. The van der Waals surface area contributed by atoms with E-state index in [1.165, 1.54) is 19.4 Å². The minimum Gasteiger partial charge on any atom is -0.353 e. The van der Waals surface area contributed by atoms with E-state index >= 15 is 0 Å². The van der Waals surface area contributed by atoms with Gasteiger partial charge in [-0.1, -0.05) is 0 Å². The summed E-state index contributed by atoms with van der Waals surface area (Å²) >= 11 is 0. The fraction of sp³-hybridized carbons (Fsp3) is 0.923. The number of amides is 1. The fourth-order valence-corrected chi connectivity index (χ4v) is 2.29. The fourth-order valence-electron chi connectivity index (χ4n) is 2.29. The van der Waals surface area contributed by atoms with Crippen LogP contribution < -0.4 is 10.6 Å². The van der Waals surface area contributed by atoms with E-state index in [-0.39, 0.29) is 18.0 Å². The van der Waals surface area contributed by atoms with Crippen LogP contribution in [0.25, 0.3) is 0 Å². The Balaban J connectivity index is 2.22. The van der Waals surface area contributed by atoms with Crippen LogP contribution in [0.2, 0.25) is 0 Å². The van der Waals surface area contributed by atoms with Gasteiger partial charge < -0.3 is 15.5 Å². The first kappa shape index (κ1) is 14.5. The van der Waals surface area contributed by atoms with E-state index in [0.29, 0.717) is 5.92 Å². The second kappa shape index (κ2) is 6.97. The Kier molecular flexibility index (Phi) is 5.92. The summed E-state index contributed by atoms with van der Waals surface area (Å²) in [5, 5.41) is 6.27. The summed E-state index contributed by atoms with van der Waals surface area (Å²) in [7, 11) is 2.17. The van der Waals surface area contributed by atoms with Crippen LogP contribution in [0, 0.1) is 5.92 Å². The number of carbonyl (C=O) groups is 1. The molecule has 0 aliphatic carbocycles. The smallest absolute Gasteiger partial charge is 0.237 e. The lowest BCUT2D eigenvalue weighted by Gasteiger charge is -2.30. The quantitative estimate of drug-likeness (QED) is 0.749. The molecular weight excluding hydrogens is 214 g/mol. The van der Waals surface area contributed by atoms with Gasteiger partial charge in [-0.15, -0.1) is 0 Å². The molecule has 1 fully saturated rings. The van der Waals surface area contributed by atoms with Crippen LogP contribution in [0.4, 0.5) is 0 Å². The molecule has 1 aliphatic heterocycles. The minimum atomic E-state index is -0.0929. The van der Waals surface area contributed by atoms with Gasteiger partial charge in [-0.2, -0.15) is 0 Å². The van der Waals surface area contributed by atoms with E-state index in [9.17, 15) is 4.79 Å². The predicted octanol–water partition coefficient (Wildman–Crippen LogP) is 0.831. The van der Waals surface area contributed by atoms with Crippen molar-refractivity contribution in [3.8, 4) is 0 Å². The molecule has 0 saturated carbocycles. The van der Waals surface area contributed by atoms with Crippen molar-refractivity contribution in [2.45, 2.75) is 45.7 Å². The van der Waals surface area contributed by atoms with Gasteiger partial charge >= 0.3 is 0 Å².